The first-order valence-electron chi connectivity index (χ1n) is 7.32. The average Bonchev–Trinajstić information content (AvgIpc) is 2.76. The van der Waals surface area contributed by atoms with Crippen molar-refractivity contribution in [3.63, 3.8) is 0 Å². The van der Waals surface area contributed by atoms with Crippen molar-refractivity contribution in [1.82, 2.24) is 9.55 Å². The molecule has 2 aromatic rings. The molecule has 1 heterocycles. The number of alkyl halides is 1. The van der Waals surface area contributed by atoms with Crippen molar-refractivity contribution < 1.29 is 0 Å². The zero-order chi connectivity index (χ0) is 14.3. The average molecular weight is 311 g/mol. The molecule has 1 aliphatic rings. The Hall–Kier alpha value is -0.730. The molecule has 0 bridgehead atoms. The van der Waals surface area contributed by atoms with Crippen molar-refractivity contribution >= 4 is 34.2 Å². The Labute approximate surface area is 130 Å². The normalized spacial score (nSPS) is 27.1. The maximum atomic E-state index is 6.12. The third kappa shape index (κ3) is 2.44. The van der Waals surface area contributed by atoms with Crippen molar-refractivity contribution in [2.24, 2.45) is 11.8 Å². The van der Waals surface area contributed by atoms with Crippen molar-refractivity contribution in [3.8, 4) is 0 Å². The molecule has 3 rings (SSSR count). The van der Waals surface area contributed by atoms with Gasteiger partial charge in [0.15, 0.2) is 0 Å². The van der Waals surface area contributed by atoms with E-state index in [0.717, 1.165) is 27.8 Å². The van der Waals surface area contributed by atoms with Gasteiger partial charge in [-0.2, -0.15) is 0 Å². The molecule has 0 saturated heterocycles. The Morgan fingerprint density at radius 3 is 2.80 bits per heavy atom. The smallest absolute Gasteiger partial charge is 0.125 e. The van der Waals surface area contributed by atoms with Crippen LogP contribution in [-0.4, -0.2) is 9.55 Å². The van der Waals surface area contributed by atoms with Crippen LogP contribution in [0.25, 0.3) is 11.0 Å². The van der Waals surface area contributed by atoms with E-state index in [1.807, 2.05) is 12.1 Å². The molecule has 0 amide bonds. The van der Waals surface area contributed by atoms with E-state index in [1.165, 1.54) is 19.3 Å². The summed E-state index contributed by atoms with van der Waals surface area (Å²) in [6, 6.07) is 6.45. The van der Waals surface area contributed by atoms with E-state index in [0.29, 0.717) is 17.8 Å². The maximum Gasteiger partial charge on any atom is 0.125 e. The number of aromatic nitrogens is 2. The number of halogens is 2. The van der Waals surface area contributed by atoms with Crippen LogP contribution in [0.5, 0.6) is 0 Å². The van der Waals surface area contributed by atoms with Crippen LogP contribution >= 0.6 is 23.2 Å². The van der Waals surface area contributed by atoms with Crippen LogP contribution in [0.1, 0.15) is 45.0 Å². The lowest BCUT2D eigenvalue weighted by atomic mass is 9.79. The summed E-state index contributed by atoms with van der Waals surface area (Å²) in [6.07, 6.45) is 3.77. The summed E-state index contributed by atoms with van der Waals surface area (Å²) in [6.45, 7) is 4.70. The van der Waals surface area contributed by atoms with Gasteiger partial charge in [0, 0.05) is 11.1 Å². The molecular weight excluding hydrogens is 291 g/mol. The van der Waals surface area contributed by atoms with Crippen LogP contribution < -0.4 is 0 Å². The summed E-state index contributed by atoms with van der Waals surface area (Å²) in [4.78, 5) is 4.67. The second-order valence-corrected chi connectivity index (χ2v) is 6.83. The second-order valence-electron chi connectivity index (χ2n) is 6.13. The SMILES string of the molecule is CC1CCC(n2c(CCl)nc3cc(Cl)ccc32)C(C)C1. The molecule has 0 radical (unpaired) electrons. The van der Waals surface area contributed by atoms with Gasteiger partial charge < -0.3 is 4.57 Å². The van der Waals surface area contributed by atoms with Crippen molar-refractivity contribution in [2.75, 3.05) is 0 Å². The molecule has 1 aromatic carbocycles. The zero-order valence-corrected chi connectivity index (χ0v) is 13.5. The van der Waals surface area contributed by atoms with Crippen LogP contribution in [0.15, 0.2) is 18.2 Å². The minimum absolute atomic E-state index is 0.449. The Bertz CT molecular complexity index is 620. The summed E-state index contributed by atoms with van der Waals surface area (Å²) in [7, 11) is 0. The number of imidazole rings is 1. The summed E-state index contributed by atoms with van der Waals surface area (Å²) in [5, 5.41) is 0.730. The number of hydrogen-bond donors (Lipinski definition) is 0. The molecule has 3 unspecified atom stereocenters. The second kappa shape index (κ2) is 5.57. The Morgan fingerprint density at radius 1 is 1.30 bits per heavy atom. The Kier molecular flexibility index (Phi) is 3.96. The van der Waals surface area contributed by atoms with Gasteiger partial charge in [0.2, 0.25) is 0 Å². The fourth-order valence-electron chi connectivity index (χ4n) is 3.62. The minimum Gasteiger partial charge on any atom is -0.324 e. The van der Waals surface area contributed by atoms with Crippen LogP contribution in [0.4, 0.5) is 0 Å². The van der Waals surface area contributed by atoms with Crippen molar-refractivity contribution in [3.05, 3.63) is 29.0 Å². The molecule has 1 fully saturated rings. The fourth-order valence-corrected chi connectivity index (χ4v) is 3.97. The zero-order valence-electron chi connectivity index (χ0n) is 11.9. The fraction of sp³-hybridized carbons (Fsp3) is 0.562. The van der Waals surface area contributed by atoms with Crippen molar-refractivity contribution in [2.45, 2.75) is 45.0 Å². The van der Waals surface area contributed by atoms with Gasteiger partial charge in [-0.3, -0.25) is 0 Å². The van der Waals surface area contributed by atoms with Gasteiger partial charge >= 0.3 is 0 Å². The molecule has 1 saturated carbocycles. The van der Waals surface area contributed by atoms with Crippen LogP contribution in [0, 0.1) is 11.8 Å². The number of benzene rings is 1. The molecule has 0 spiro atoms. The molecule has 2 nitrogen and oxygen atoms in total. The van der Waals surface area contributed by atoms with E-state index in [4.69, 9.17) is 23.2 Å². The van der Waals surface area contributed by atoms with E-state index < -0.39 is 0 Å². The van der Waals surface area contributed by atoms with Gasteiger partial charge in [-0.1, -0.05) is 25.4 Å². The van der Waals surface area contributed by atoms with E-state index in [-0.39, 0.29) is 0 Å². The van der Waals surface area contributed by atoms with Gasteiger partial charge in [-0.25, -0.2) is 4.98 Å². The van der Waals surface area contributed by atoms with E-state index in [2.05, 4.69) is 29.5 Å². The predicted molar refractivity (Wildman–Crippen MR) is 85.5 cm³/mol. The predicted octanol–water partition coefficient (Wildman–Crippen LogP) is 5.43. The Balaban J connectivity index is 2.09. The molecular formula is C16H20Cl2N2. The van der Waals surface area contributed by atoms with Gasteiger partial charge in [0.05, 0.1) is 16.9 Å². The molecule has 1 aliphatic carbocycles. The first-order valence-corrected chi connectivity index (χ1v) is 8.23. The van der Waals surface area contributed by atoms with Crippen LogP contribution in [0.2, 0.25) is 5.02 Å². The third-order valence-electron chi connectivity index (χ3n) is 4.56. The lowest BCUT2D eigenvalue weighted by molar-refractivity contribution is 0.209. The molecule has 0 aliphatic heterocycles. The third-order valence-corrected chi connectivity index (χ3v) is 5.04. The summed E-state index contributed by atoms with van der Waals surface area (Å²) < 4.78 is 2.36. The number of nitrogens with zero attached hydrogens (tertiary/aromatic N) is 2. The van der Waals surface area contributed by atoms with E-state index in [9.17, 15) is 0 Å². The molecule has 3 atom stereocenters. The van der Waals surface area contributed by atoms with Gasteiger partial charge in [-0.05, 0) is 49.3 Å². The summed E-state index contributed by atoms with van der Waals surface area (Å²) in [5.74, 6) is 2.90. The van der Waals surface area contributed by atoms with Crippen molar-refractivity contribution in [1.29, 1.82) is 0 Å². The highest BCUT2D eigenvalue weighted by molar-refractivity contribution is 6.31. The molecule has 4 heteroatoms. The monoisotopic (exact) mass is 310 g/mol. The number of rotatable bonds is 2. The molecule has 0 N–H and O–H groups in total. The topological polar surface area (TPSA) is 17.8 Å². The largest absolute Gasteiger partial charge is 0.324 e. The van der Waals surface area contributed by atoms with Gasteiger partial charge in [-0.15, -0.1) is 11.6 Å². The highest BCUT2D eigenvalue weighted by atomic mass is 35.5. The van der Waals surface area contributed by atoms with Gasteiger partial charge in [0.25, 0.3) is 0 Å². The molecule has 20 heavy (non-hydrogen) atoms. The van der Waals surface area contributed by atoms with E-state index in [1.54, 1.807) is 0 Å². The van der Waals surface area contributed by atoms with E-state index >= 15 is 0 Å². The summed E-state index contributed by atoms with van der Waals surface area (Å²) in [5.41, 5.74) is 2.12. The Morgan fingerprint density at radius 2 is 2.10 bits per heavy atom. The quantitative estimate of drug-likeness (QED) is 0.677. The van der Waals surface area contributed by atoms with Gasteiger partial charge in [0.1, 0.15) is 5.82 Å². The first-order chi connectivity index (χ1) is 9.60. The highest BCUT2D eigenvalue weighted by Gasteiger charge is 2.29. The standard InChI is InChI=1S/C16H20Cl2N2/c1-10-3-5-14(11(2)7-10)20-15-6-4-12(18)8-13(15)19-16(20)9-17/h4,6,8,10-11,14H,3,5,7,9H2,1-2H3. The number of fused-ring (bicyclic) bond motifs is 1. The first kappa shape index (κ1) is 14.2. The minimum atomic E-state index is 0.449. The lowest BCUT2D eigenvalue weighted by Crippen LogP contribution is -2.25. The van der Waals surface area contributed by atoms with Crippen LogP contribution in [-0.2, 0) is 5.88 Å². The number of hydrogen-bond acceptors (Lipinski definition) is 1. The highest BCUT2D eigenvalue weighted by Crippen LogP contribution is 2.39. The summed E-state index contributed by atoms with van der Waals surface area (Å²) >= 11 is 12.2. The molecule has 108 valence electrons. The molecule has 1 aromatic heterocycles. The lowest BCUT2D eigenvalue weighted by Gasteiger charge is -2.34. The van der Waals surface area contributed by atoms with Crippen LogP contribution in [0.3, 0.4) is 0 Å². The maximum absolute atomic E-state index is 6.12.